The van der Waals surface area contributed by atoms with Gasteiger partial charge in [0.05, 0.1) is 13.7 Å². The molecule has 1 atom stereocenters. The summed E-state index contributed by atoms with van der Waals surface area (Å²) in [5.74, 6) is 1.50. The van der Waals surface area contributed by atoms with Crippen molar-refractivity contribution in [3.63, 3.8) is 0 Å². The van der Waals surface area contributed by atoms with E-state index in [1.54, 1.807) is 14.2 Å². The largest absolute Gasteiger partial charge is 0.493 e. The lowest BCUT2D eigenvalue weighted by Gasteiger charge is -2.15. The molecule has 4 nitrogen and oxygen atoms in total. The first-order valence-corrected chi connectivity index (χ1v) is 7.79. The molecule has 0 amide bonds. The van der Waals surface area contributed by atoms with Gasteiger partial charge in [0.2, 0.25) is 0 Å². The topological polar surface area (TPSA) is 39.7 Å². The second-order valence-electron chi connectivity index (χ2n) is 5.50. The number of hydrogen-bond acceptors (Lipinski definition) is 4. The summed E-state index contributed by atoms with van der Waals surface area (Å²) in [6, 6.07) is 16.4. The predicted molar refractivity (Wildman–Crippen MR) is 91.9 cm³/mol. The van der Waals surface area contributed by atoms with E-state index in [4.69, 9.17) is 14.2 Å². The fraction of sp³-hybridized carbons (Fsp3) is 0.368. The van der Waals surface area contributed by atoms with Crippen LogP contribution in [0.25, 0.3) is 0 Å². The van der Waals surface area contributed by atoms with Crippen molar-refractivity contribution in [2.24, 2.45) is 0 Å². The molecule has 0 aliphatic heterocycles. The molecule has 0 radical (unpaired) electrons. The van der Waals surface area contributed by atoms with Crippen LogP contribution in [-0.2, 0) is 17.9 Å². The smallest absolute Gasteiger partial charge is 0.161 e. The van der Waals surface area contributed by atoms with Crippen molar-refractivity contribution in [2.75, 3.05) is 20.8 Å². The second-order valence-corrected chi connectivity index (χ2v) is 5.50. The molecule has 0 saturated carbocycles. The van der Waals surface area contributed by atoms with Crippen molar-refractivity contribution in [1.82, 2.24) is 5.32 Å². The van der Waals surface area contributed by atoms with Crippen LogP contribution in [0.15, 0.2) is 48.5 Å². The summed E-state index contributed by atoms with van der Waals surface area (Å²) in [5, 5.41) is 3.42. The quantitative estimate of drug-likeness (QED) is 0.770. The van der Waals surface area contributed by atoms with Gasteiger partial charge in [-0.15, -0.1) is 0 Å². The van der Waals surface area contributed by atoms with Crippen LogP contribution in [0.2, 0.25) is 0 Å². The molecule has 4 heteroatoms. The van der Waals surface area contributed by atoms with Gasteiger partial charge in [0.15, 0.2) is 11.5 Å². The van der Waals surface area contributed by atoms with Crippen LogP contribution in [0, 0.1) is 0 Å². The zero-order chi connectivity index (χ0) is 16.5. The summed E-state index contributed by atoms with van der Waals surface area (Å²) in [7, 11) is 3.37. The molecule has 0 spiro atoms. The van der Waals surface area contributed by atoms with E-state index in [0.29, 0.717) is 19.3 Å². The van der Waals surface area contributed by atoms with Gasteiger partial charge in [-0.3, -0.25) is 0 Å². The first-order chi connectivity index (χ1) is 11.2. The molecule has 0 fully saturated rings. The van der Waals surface area contributed by atoms with Gasteiger partial charge in [-0.05, 0) is 30.2 Å². The van der Waals surface area contributed by atoms with Crippen LogP contribution in [0.1, 0.15) is 18.1 Å². The van der Waals surface area contributed by atoms with E-state index in [1.807, 2.05) is 48.5 Å². The maximum Gasteiger partial charge on any atom is 0.161 e. The molecule has 2 aromatic rings. The third-order valence-corrected chi connectivity index (χ3v) is 3.54. The van der Waals surface area contributed by atoms with E-state index >= 15 is 0 Å². The normalized spacial score (nSPS) is 12.0. The number of benzene rings is 2. The third-order valence-electron chi connectivity index (χ3n) is 3.54. The van der Waals surface area contributed by atoms with E-state index < -0.39 is 0 Å². The highest BCUT2D eigenvalue weighted by molar-refractivity contribution is 5.43. The van der Waals surface area contributed by atoms with Gasteiger partial charge in [-0.25, -0.2) is 0 Å². The van der Waals surface area contributed by atoms with Crippen LogP contribution >= 0.6 is 0 Å². The fourth-order valence-electron chi connectivity index (χ4n) is 2.28. The first-order valence-electron chi connectivity index (χ1n) is 7.79. The van der Waals surface area contributed by atoms with Gasteiger partial charge in [-0.2, -0.15) is 0 Å². The molecule has 0 aliphatic carbocycles. The van der Waals surface area contributed by atoms with Gasteiger partial charge in [-0.1, -0.05) is 36.4 Å². The Hall–Kier alpha value is -2.04. The predicted octanol–water partition coefficient (Wildman–Crippen LogP) is 3.40. The summed E-state index contributed by atoms with van der Waals surface area (Å²) in [4.78, 5) is 0. The average Bonchev–Trinajstić information content (AvgIpc) is 2.59. The van der Waals surface area contributed by atoms with Crippen molar-refractivity contribution in [3.8, 4) is 11.5 Å². The summed E-state index contributed by atoms with van der Waals surface area (Å²) in [6.07, 6.45) is 0. The highest BCUT2D eigenvalue weighted by Gasteiger charge is 2.07. The number of hydrogen-bond donors (Lipinski definition) is 1. The fourth-order valence-corrected chi connectivity index (χ4v) is 2.28. The van der Waals surface area contributed by atoms with Crippen molar-refractivity contribution < 1.29 is 14.2 Å². The van der Waals surface area contributed by atoms with Crippen molar-refractivity contribution >= 4 is 0 Å². The maximum atomic E-state index is 5.93. The van der Waals surface area contributed by atoms with Gasteiger partial charge in [0.25, 0.3) is 0 Å². The lowest BCUT2D eigenvalue weighted by Crippen LogP contribution is -2.29. The summed E-state index contributed by atoms with van der Waals surface area (Å²) in [6.45, 7) is 4.07. The molecular formula is C19H25NO3. The molecule has 0 unspecified atom stereocenters. The Labute approximate surface area is 138 Å². The molecule has 0 saturated heterocycles. The molecule has 0 bridgehead atoms. The van der Waals surface area contributed by atoms with E-state index in [9.17, 15) is 0 Å². The van der Waals surface area contributed by atoms with Crippen molar-refractivity contribution in [3.05, 3.63) is 59.7 Å². The van der Waals surface area contributed by atoms with Gasteiger partial charge in [0, 0.05) is 19.7 Å². The van der Waals surface area contributed by atoms with Crippen LogP contribution in [0.5, 0.6) is 11.5 Å². The van der Waals surface area contributed by atoms with Gasteiger partial charge in [0.1, 0.15) is 6.61 Å². The number of methoxy groups -OCH3 is 2. The highest BCUT2D eigenvalue weighted by atomic mass is 16.5. The van der Waals surface area contributed by atoms with Crippen molar-refractivity contribution in [2.45, 2.75) is 26.1 Å². The molecule has 2 rings (SSSR count). The van der Waals surface area contributed by atoms with Gasteiger partial charge >= 0.3 is 0 Å². The highest BCUT2D eigenvalue weighted by Crippen LogP contribution is 2.28. The minimum Gasteiger partial charge on any atom is -0.493 e. The standard InChI is InChI=1S/C19H25NO3/c1-15(13-21-2)20-12-17-9-10-18(22-3)19(11-17)23-14-16-7-5-4-6-8-16/h4-11,15,20H,12-14H2,1-3H3/t15-/m1/s1. The van der Waals surface area contributed by atoms with Crippen molar-refractivity contribution in [1.29, 1.82) is 0 Å². The lowest BCUT2D eigenvalue weighted by molar-refractivity contribution is 0.171. The zero-order valence-electron chi connectivity index (χ0n) is 14.0. The Bertz CT molecular complexity index is 586. The first kappa shape index (κ1) is 17.3. The monoisotopic (exact) mass is 315 g/mol. The Morgan fingerprint density at radius 1 is 0.957 bits per heavy atom. The molecule has 0 aromatic heterocycles. The maximum absolute atomic E-state index is 5.93. The summed E-state index contributed by atoms with van der Waals surface area (Å²) in [5.41, 5.74) is 2.28. The average molecular weight is 315 g/mol. The number of ether oxygens (including phenoxy) is 3. The summed E-state index contributed by atoms with van der Waals surface area (Å²) < 4.78 is 16.5. The Morgan fingerprint density at radius 2 is 1.74 bits per heavy atom. The van der Waals surface area contributed by atoms with E-state index in [-0.39, 0.29) is 0 Å². The van der Waals surface area contributed by atoms with Crippen LogP contribution < -0.4 is 14.8 Å². The zero-order valence-corrected chi connectivity index (χ0v) is 14.0. The SMILES string of the molecule is COC[C@@H](C)NCc1ccc(OC)c(OCc2ccccc2)c1. The molecular weight excluding hydrogens is 290 g/mol. The second kappa shape index (κ2) is 9.18. The minimum atomic E-state index is 0.302. The third kappa shape index (κ3) is 5.58. The molecule has 0 heterocycles. The minimum absolute atomic E-state index is 0.302. The van der Waals surface area contributed by atoms with Gasteiger partial charge < -0.3 is 19.5 Å². The van der Waals surface area contributed by atoms with Crippen LogP contribution in [0.4, 0.5) is 0 Å². The molecule has 124 valence electrons. The van der Waals surface area contributed by atoms with E-state index in [1.165, 1.54) is 0 Å². The Morgan fingerprint density at radius 3 is 2.43 bits per heavy atom. The van der Waals surface area contributed by atoms with Crippen LogP contribution in [-0.4, -0.2) is 26.9 Å². The number of rotatable bonds is 9. The Balaban J connectivity index is 2.00. The summed E-state index contributed by atoms with van der Waals surface area (Å²) >= 11 is 0. The van der Waals surface area contributed by atoms with E-state index in [2.05, 4.69) is 12.2 Å². The molecule has 1 N–H and O–H groups in total. The lowest BCUT2D eigenvalue weighted by atomic mass is 10.2. The Kier molecular flexibility index (Phi) is 6.91. The van der Waals surface area contributed by atoms with E-state index in [0.717, 1.165) is 29.2 Å². The molecule has 0 aliphatic rings. The number of nitrogens with one attached hydrogen (secondary N) is 1. The molecule has 23 heavy (non-hydrogen) atoms. The molecule has 2 aromatic carbocycles. The van der Waals surface area contributed by atoms with Crippen LogP contribution in [0.3, 0.4) is 0 Å².